The second kappa shape index (κ2) is 5.07. The number of benzene rings is 1. The maximum atomic E-state index is 13.9. The molecule has 2 N–H and O–H groups in total. The molecular formula is C13H17FN2O3S. The van der Waals surface area contributed by atoms with Gasteiger partial charge in [-0.15, -0.1) is 0 Å². The van der Waals surface area contributed by atoms with Crippen molar-refractivity contribution >= 4 is 10.0 Å². The Kier molecular flexibility index (Phi) is 3.53. The molecule has 20 heavy (non-hydrogen) atoms. The molecule has 3 rings (SSSR count). The van der Waals surface area contributed by atoms with Gasteiger partial charge in [-0.1, -0.05) is 6.07 Å². The van der Waals surface area contributed by atoms with E-state index in [0.717, 1.165) is 18.9 Å². The Morgan fingerprint density at radius 3 is 2.55 bits per heavy atom. The van der Waals surface area contributed by atoms with Crippen molar-refractivity contribution in [1.29, 1.82) is 0 Å². The molecule has 0 saturated carbocycles. The van der Waals surface area contributed by atoms with Crippen molar-refractivity contribution in [3.63, 3.8) is 0 Å². The third kappa shape index (κ3) is 2.35. The number of sulfonamides is 1. The number of morpholine rings is 1. The predicted molar refractivity (Wildman–Crippen MR) is 70.9 cm³/mol. The van der Waals surface area contributed by atoms with Crippen molar-refractivity contribution < 1.29 is 17.5 Å². The average Bonchev–Trinajstić information content (AvgIpc) is 2.77. The highest BCUT2D eigenvalue weighted by Gasteiger charge is 2.40. The lowest BCUT2D eigenvalue weighted by molar-refractivity contribution is -0.0115. The second-order valence-electron chi connectivity index (χ2n) is 5.25. The van der Waals surface area contributed by atoms with E-state index in [0.29, 0.717) is 18.7 Å². The van der Waals surface area contributed by atoms with Crippen LogP contribution in [0.4, 0.5) is 4.39 Å². The van der Waals surface area contributed by atoms with Gasteiger partial charge in [0.2, 0.25) is 10.0 Å². The van der Waals surface area contributed by atoms with Gasteiger partial charge in [0.05, 0.1) is 12.2 Å². The smallest absolute Gasteiger partial charge is 0.246 e. The highest BCUT2D eigenvalue weighted by molar-refractivity contribution is 7.89. The first-order valence-corrected chi connectivity index (χ1v) is 8.09. The summed E-state index contributed by atoms with van der Waals surface area (Å²) in [7, 11) is -3.83. The summed E-state index contributed by atoms with van der Waals surface area (Å²) < 4.78 is 46.0. The first kappa shape index (κ1) is 13.9. The van der Waals surface area contributed by atoms with Gasteiger partial charge in [-0.2, -0.15) is 4.31 Å². The Morgan fingerprint density at radius 1 is 1.30 bits per heavy atom. The van der Waals surface area contributed by atoms with Gasteiger partial charge in [-0.05, 0) is 30.5 Å². The number of ether oxygens (including phenoxy) is 1. The highest BCUT2D eigenvalue weighted by atomic mass is 32.2. The minimum Gasteiger partial charge on any atom is -0.372 e. The lowest BCUT2D eigenvalue weighted by Gasteiger charge is -2.31. The van der Waals surface area contributed by atoms with Crippen molar-refractivity contribution in [3.8, 4) is 0 Å². The van der Waals surface area contributed by atoms with Gasteiger partial charge in [0.25, 0.3) is 0 Å². The van der Waals surface area contributed by atoms with Crippen molar-refractivity contribution in [1.82, 2.24) is 4.31 Å². The molecule has 2 unspecified atom stereocenters. The zero-order valence-electron chi connectivity index (χ0n) is 11.0. The minimum atomic E-state index is -3.83. The van der Waals surface area contributed by atoms with E-state index in [4.69, 9.17) is 10.5 Å². The van der Waals surface area contributed by atoms with Gasteiger partial charge >= 0.3 is 0 Å². The molecule has 2 saturated heterocycles. The van der Waals surface area contributed by atoms with Crippen LogP contribution >= 0.6 is 0 Å². The third-order valence-corrected chi connectivity index (χ3v) is 5.71. The fraction of sp³-hybridized carbons (Fsp3) is 0.538. The maximum absolute atomic E-state index is 13.9. The molecular weight excluding hydrogens is 283 g/mol. The van der Waals surface area contributed by atoms with Crippen LogP contribution in [-0.4, -0.2) is 38.0 Å². The van der Waals surface area contributed by atoms with E-state index in [1.54, 1.807) is 0 Å². The first-order valence-electron chi connectivity index (χ1n) is 6.65. The molecule has 0 radical (unpaired) electrons. The average molecular weight is 300 g/mol. The minimum absolute atomic E-state index is 0.0655. The summed E-state index contributed by atoms with van der Waals surface area (Å²) >= 11 is 0. The van der Waals surface area contributed by atoms with Gasteiger partial charge in [0.1, 0.15) is 10.7 Å². The van der Waals surface area contributed by atoms with Crippen LogP contribution in [-0.2, 0) is 21.3 Å². The lowest BCUT2D eigenvalue weighted by atomic mass is 10.2. The SMILES string of the molecule is NCc1ccc(F)c(S(=O)(=O)N2CC3CCC(C2)O3)c1. The van der Waals surface area contributed by atoms with Crippen LogP contribution in [0.5, 0.6) is 0 Å². The Labute approximate surface area is 117 Å². The zero-order chi connectivity index (χ0) is 14.3. The number of nitrogens with two attached hydrogens (primary N) is 1. The normalized spacial score (nSPS) is 26.9. The van der Waals surface area contributed by atoms with Gasteiger partial charge in [0, 0.05) is 19.6 Å². The van der Waals surface area contributed by atoms with Crippen molar-refractivity contribution in [2.45, 2.75) is 36.5 Å². The molecule has 1 aromatic rings. The maximum Gasteiger partial charge on any atom is 0.246 e. The van der Waals surface area contributed by atoms with Gasteiger partial charge < -0.3 is 10.5 Å². The molecule has 2 atom stereocenters. The number of nitrogens with zero attached hydrogens (tertiary/aromatic N) is 1. The number of halogens is 1. The molecule has 110 valence electrons. The molecule has 0 aliphatic carbocycles. The van der Waals surface area contributed by atoms with E-state index in [1.165, 1.54) is 16.4 Å². The number of hydrogen-bond donors (Lipinski definition) is 1. The molecule has 0 aromatic heterocycles. The monoisotopic (exact) mass is 300 g/mol. The van der Waals surface area contributed by atoms with Crippen LogP contribution in [0.25, 0.3) is 0 Å². The largest absolute Gasteiger partial charge is 0.372 e. The van der Waals surface area contributed by atoms with Crippen LogP contribution < -0.4 is 5.73 Å². The van der Waals surface area contributed by atoms with Crippen LogP contribution in [0.2, 0.25) is 0 Å². The molecule has 2 aliphatic heterocycles. The van der Waals surface area contributed by atoms with Gasteiger partial charge in [-0.3, -0.25) is 0 Å². The van der Waals surface area contributed by atoms with E-state index >= 15 is 0 Å². The van der Waals surface area contributed by atoms with E-state index in [1.807, 2.05) is 0 Å². The summed E-state index contributed by atoms with van der Waals surface area (Å²) in [5.41, 5.74) is 6.09. The summed E-state index contributed by atoms with van der Waals surface area (Å²) in [6.07, 6.45) is 1.60. The molecule has 2 heterocycles. The Bertz CT molecular complexity index is 608. The molecule has 0 spiro atoms. The summed E-state index contributed by atoms with van der Waals surface area (Å²) in [6, 6.07) is 3.98. The van der Waals surface area contributed by atoms with E-state index < -0.39 is 15.8 Å². The summed E-state index contributed by atoms with van der Waals surface area (Å²) in [4.78, 5) is -0.290. The zero-order valence-corrected chi connectivity index (χ0v) is 11.8. The Hall–Kier alpha value is -1.02. The van der Waals surface area contributed by atoms with E-state index in [9.17, 15) is 12.8 Å². The number of fused-ring (bicyclic) bond motifs is 2. The predicted octanol–water partition coefficient (Wildman–Crippen LogP) is 0.836. The van der Waals surface area contributed by atoms with Crippen LogP contribution in [0.3, 0.4) is 0 Å². The number of hydrogen-bond acceptors (Lipinski definition) is 4. The molecule has 0 amide bonds. The van der Waals surface area contributed by atoms with Crippen molar-refractivity contribution in [2.75, 3.05) is 13.1 Å². The fourth-order valence-electron chi connectivity index (χ4n) is 2.79. The number of rotatable bonds is 3. The first-order chi connectivity index (χ1) is 9.50. The Morgan fingerprint density at radius 2 is 1.95 bits per heavy atom. The van der Waals surface area contributed by atoms with E-state index in [2.05, 4.69) is 0 Å². The second-order valence-corrected chi connectivity index (χ2v) is 7.15. The standard InChI is InChI=1S/C13H17FN2O3S/c14-12-4-1-9(6-15)5-13(12)20(17,18)16-7-10-2-3-11(8-16)19-10/h1,4-5,10-11H,2-3,6-8,15H2. The third-order valence-electron chi connectivity index (χ3n) is 3.86. The quantitative estimate of drug-likeness (QED) is 0.897. The molecule has 2 fully saturated rings. The molecule has 2 bridgehead atoms. The highest BCUT2D eigenvalue weighted by Crippen LogP contribution is 2.30. The van der Waals surface area contributed by atoms with E-state index in [-0.39, 0.29) is 23.6 Å². The molecule has 2 aliphatic rings. The molecule has 1 aromatic carbocycles. The molecule has 7 heteroatoms. The van der Waals surface area contributed by atoms with Gasteiger partial charge in [0.15, 0.2) is 0 Å². The molecule has 5 nitrogen and oxygen atoms in total. The van der Waals surface area contributed by atoms with Crippen LogP contribution in [0.15, 0.2) is 23.1 Å². The lowest BCUT2D eigenvalue weighted by Crippen LogP contribution is -2.45. The summed E-state index contributed by atoms with van der Waals surface area (Å²) in [5.74, 6) is -0.735. The van der Waals surface area contributed by atoms with Crippen LogP contribution in [0.1, 0.15) is 18.4 Å². The van der Waals surface area contributed by atoms with Crippen LogP contribution in [0, 0.1) is 5.82 Å². The Balaban J connectivity index is 1.95. The fourth-order valence-corrected chi connectivity index (χ4v) is 4.40. The van der Waals surface area contributed by atoms with Crippen molar-refractivity contribution in [2.24, 2.45) is 5.73 Å². The topological polar surface area (TPSA) is 72.6 Å². The summed E-state index contributed by atoms with van der Waals surface area (Å²) in [6.45, 7) is 0.771. The summed E-state index contributed by atoms with van der Waals surface area (Å²) in [5, 5.41) is 0. The van der Waals surface area contributed by atoms with Crippen molar-refractivity contribution in [3.05, 3.63) is 29.6 Å². The van der Waals surface area contributed by atoms with Gasteiger partial charge in [-0.25, -0.2) is 12.8 Å².